The van der Waals surface area contributed by atoms with Crippen LogP contribution in [0.4, 0.5) is 5.69 Å². The summed E-state index contributed by atoms with van der Waals surface area (Å²) in [7, 11) is 0. The van der Waals surface area contributed by atoms with Gasteiger partial charge in [-0.05, 0) is 24.3 Å². The average molecular weight is 344 g/mol. The summed E-state index contributed by atoms with van der Waals surface area (Å²) >= 11 is 3.43. The van der Waals surface area contributed by atoms with E-state index in [0.717, 1.165) is 15.5 Å². The van der Waals surface area contributed by atoms with Crippen LogP contribution in [0, 0.1) is 0 Å². The van der Waals surface area contributed by atoms with Crippen LogP contribution >= 0.6 is 15.9 Å². The second-order valence-corrected chi connectivity index (χ2v) is 5.61. The van der Waals surface area contributed by atoms with E-state index in [9.17, 15) is 4.79 Å². The molecule has 0 aliphatic heterocycles. The summed E-state index contributed by atoms with van der Waals surface area (Å²) in [6, 6.07) is 15.4. The van der Waals surface area contributed by atoms with Gasteiger partial charge in [-0.15, -0.1) is 0 Å². The molecule has 1 heterocycles. The van der Waals surface area contributed by atoms with Gasteiger partial charge in [-0.3, -0.25) is 4.79 Å². The lowest BCUT2D eigenvalue weighted by atomic mass is 10.2. The molecule has 2 aromatic carbocycles. The minimum absolute atomic E-state index is 0.0517. The molecule has 0 bridgehead atoms. The molecule has 5 heteroatoms. The topological polar surface area (TPSA) is 46.9 Å². The van der Waals surface area contributed by atoms with Gasteiger partial charge in [0.1, 0.15) is 0 Å². The summed E-state index contributed by atoms with van der Waals surface area (Å²) in [5.41, 5.74) is 0.961. The van der Waals surface area contributed by atoms with Crippen molar-refractivity contribution in [3.8, 4) is 0 Å². The highest BCUT2D eigenvalue weighted by Gasteiger charge is 2.03. The zero-order valence-corrected chi connectivity index (χ0v) is 12.9. The van der Waals surface area contributed by atoms with Gasteiger partial charge in [0.05, 0.1) is 18.1 Å². The highest BCUT2D eigenvalue weighted by atomic mass is 79.9. The van der Waals surface area contributed by atoms with Crippen LogP contribution in [-0.2, 0) is 6.54 Å². The molecule has 0 spiro atoms. The van der Waals surface area contributed by atoms with Crippen LogP contribution in [-0.4, -0.2) is 16.3 Å². The van der Waals surface area contributed by atoms with Gasteiger partial charge >= 0.3 is 0 Å². The number of benzene rings is 2. The fourth-order valence-corrected chi connectivity index (χ4v) is 2.59. The number of hydrogen-bond donors (Lipinski definition) is 1. The molecule has 0 aliphatic rings. The molecular formula is C16H14BrN3O. The Morgan fingerprint density at radius 1 is 1.14 bits per heavy atom. The Morgan fingerprint density at radius 3 is 2.86 bits per heavy atom. The molecule has 0 saturated carbocycles. The van der Waals surface area contributed by atoms with Crippen molar-refractivity contribution in [2.75, 3.05) is 11.9 Å². The summed E-state index contributed by atoms with van der Waals surface area (Å²) in [5.74, 6) is 0. The third-order valence-electron chi connectivity index (χ3n) is 3.24. The van der Waals surface area contributed by atoms with Gasteiger partial charge in [0.2, 0.25) is 0 Å². The molecule has 0 radical (unpaired) electrons. The molecule has 21 heavy (non-hydrogen) atoms. The highest BCUT2D eigenvalue weighted by molar-refractivity contribution is 9.10. The molecule has 0 fully saturated rings. The number of aromatic nitrogens is 2. The third kappa shape index (κ3) is 3.13. The monoisotopic (exact) mass is 343 g/mol. The first-order chi connectivity index (χ1) is 10.2. The number of hydrogen-bond acceptors (Lipinski definition) is 3. The Bertz CT molecular complexity index is 829. The largest absolute Gasteiger partial charge is 0.383 e. The van der Waals surface area contributed by atoms with E-state index in [1.807, 2.05) is 48.5 Å². The van der Waals surface area contributed by atoms with Crippen LogP contribution in [0.15, 0.2) is 64.0 Å². The molecule has 0 amide bonds. The lowest BCUT2D eigenvalue weighted by molar-refractivity contribution is 0.604. The summed E-state index contributed by atoms with van der Waals surface area (Å²) in [4.78, 5) is 12.3. The smallest absolute Gasteiger partial charge is 0.274 e. The van der Waals surface area contributed by atoms with Crippen LogP contribution in [0.3, 0.4) is 0 Å². The Hall–Kier alpha value is -2.14. The van der Waals surface area contributed by atoms with Gasteiger partial charge in [0, 0.05) is 22.1 Å². The van der Waals surface area contributed by atoms with E-state index >= 15 is 0 Å². The lowest BCUT2D eigenvalue weighted by Crippen LogP contribution is -2.26. The van der Waals surface area contributed by atoms with E-state index in [0.29, 0.717) is 18.5 Å². The second-order valence-electron chi connectivity index (χ2n) is 4.70. The molecule has 0 saturated heterocycles. The number of nitrogens with one attached hydrogen (secondary N) is 1. The van der Waals surface area contributed by atoms with Crippen LogP contribution in [0.2, 0.25) is 0 Å². The number of nitrogens with zero attached hydrogens (tertiary/aromatic N) is 2. The van der Waals surface area contributed by atoms with Crippen molar-refractivity contribution in [1.82, 2.24) is 9.78 Å². The summed E-state index contributed by atoms with van der Waals surface area (Å²) in [6.07, 6.45) is 1.73. The van der Waals surface area contributed by atoms with Gasteiger partial charge in [0.25, 0.3) is 5.56 Å². The van der Waals surface area contributed by atoms with Crippen LogP contribution in [0.1, 0.15) is 0 Å². The molecule has 3 aromatic rings. The first-order valence-electron chi connectivity index (χ1n) is 6.68. The van der Waals surface area contributed by atoms with Gasteiger partial charge in [-0.25, -0.2) is 4.68 Å². The van der Waals surface area contributed by atoms with Crippen molar-refractivity contribution in [2.45, 2.75) is 6.54 Å². The third-order valence-corrected chi connectivity index (χ3v) is 3.73. The first kappa shape index (κ1) is 13.8. The maximum Gasteiger partial charge on any atom is 0.274 e. The minimum Gasteiger partial charge on any atom is -0.383 e. The summed E-state index contributed by atoms with van der Waals surface area (Å²) in [5, 5.41) is 9.07. The normalized spacial score (nSPS) is 10.7. The quantitative estimate of drug-likeness (QED) is 0.790. The zero-order chi connectivity index (χ0) is 14.7. The lowest BCUT2D eigenvalue weighted by Gasteiger charge is -2.08. The SMILES string of the molecule is O=c1c2ccccc2cnn1CCNc1cccc(Br)c1. The van der Waals surface area contributed by atoms with Crippen LogP contribution in [0.25, 0.3) is 10.8 Å². The maximum atomic E-state index is 12.3. The van der Waals surface area contributed by atoms with Crippen molar-refractivity contribution in [1.29, 1.82) is 0 Å². The van der Waals surface area contributed by atoms with E-state index < -0.39 is 0 Å². The number of fused-ring (bicyclic) bond motifs is 1. The fraction of sp³-hybridized carbons (Fsp3) is 0.125. The zero-order valence-electron chi connectivity index (χ0n) is 11.3. The van der Waals surface area contributed by atoms with E-state index in [4.69, 9.17) is 0 Å². The van der Waals surface area contributed by atoms with Gasteiger partial charge < -0.3 is 5.32 Å². The predicted octanol–water partition coefficient (Wildman–Crippen LogP) is 3.27. The molecule has 0 atom stereocenters. The van der Waals surface area contributed by atoms with Crippen LogP contribution < -0.4 is 10.9 Å². The standard InChI is InChI=1S/C16H14BrN3O/c17-13-5-3-6-14(10-13)18-8-9-20-16(21)15-7-2-1-4-12(15)11-19-20/h1-7,10-11,18H,8-9H2. The van der Waals surface area contributed by atoms with Gasteiger partial charge in [0.15, 0.2) is 0 Å². The van der Waals surface area contributed by atoms with Crippen molar-refractivity contribution >= 4 is 32.4 Å². The summed E-state index contributed by atoms with van der Waals surface area (Å²) < 4.78 is 2.52. The molecule has 1 aromatic heterocycles. The molecule has 106 valence electrons. The fourth-order valence-electron chi connectivity index (χ4n) is 2.19. The van der Waals surface area contributed by atoms with Crippen LogP contribution in [0.5, 0.6) is 0 Å². The Morgan fingerprint density at radius 2 is 2.00 bits per heavy atom. The Balaban J connectivity index is 1.74. The average Bonchev–Trinajstić information content (AvgIpc) is 2.50. The van der Waals surface area contributed by atoms with Gasteiger partial charge in [-0.2, -0.15) is 5.10 Å². The van der Waals surface area contributed by atoms with E-state index in [-0.39, 0.29) is 5.56 Å². The van der Waals surface area contributed by atoms with Gasteiger partial charge in [-0.1, -0.05) is 40.2 Å². The number of halogens is 1. The van der Waals surface area contributed by atoms with Crippen molar-refractivity contribution in [3.05, 3.63) is 69.6 Å². The summed E-state index contributed by atoms with van der Waals surface area (Å²) in [6.45, 7) is 1.16. The van der Waals surface area contributed by atoms with Crippen molar-refractivity contribution < 1.29 is 0 Å². The molecule has 0 aliphatic carbocycles. The minimum atomic E-state index is -0.0517. The molecule has 1 N–H and O–H groups in total. The molecular weight excluding hydrogens is 330 g/mol. The van der Waals surface area contributed by atoms with Crippen molar-refractivity contribution in [2.24, 2.45) is 0 Å². The molecule has 0 unspecified atom stereocenters. The predicted molar refractivity (Wildman–Crippen MR) is 88.6 cm³/mol. The number of anilines is 1. The van der Waals surface area contributed by atoms with Crippen molar-refractivity contribution in [3.63, 3.8) is 0 Å². The molecule has 4 nitrogen and oxygen atoms in total. The molecule has 3 rings (SSSR count). The first-order valence-corrected chi connectivity index (χ1v) is 7.48. The maximum absolute atomic E-state index is 12.3. The van der Waals surface area contributed by atoms with E-state index in [1.165, 1.54) is 4.68 Å². The Labute approximate surface area is 130 Å². The van der Waals surface area contributed by atoms with E-state index in [1.54, 1.807) is 6.20 Å². The number of rotatable bonds is 4. The second kappa shape index (κ2) is 6.10. The highest BCUT2D eigenvalue weighted by Crippen LogP contribution is 2.15. The van der Waals surface area contributed by atoms with E-state index in [2.05, 4.69) is 26.3 Å². The Kier molecular flexibility index (Phi) is 4.01.